The van der Waals surface area contributed by atoms with Crippen LogP contribution in [0.3, 0.4) is 0 Å². The maximum atomic E-state index is 13.4. The molecule has 53 heavy (non-hydrogen) atoms. The van der Waals surface area contributed by atoms with Crippen molar-refractivity contribution in [1.29, 1.82) is 0 Å². The van der Waals surface area contributed by atoms with Gasteiger partial charge in [-0.3, -0.25) is 14.4 Å². The van der Waals surface area contributed by atoms with Crippen LogP contribution < -0.4 is 0 Å². The molecule has 6 heteroatoms. The minimum atomic E-state index is -2.52. The second-order valence-corrected chi connectivity index (χ2v) is 16.4. The number of aliphatic hydroxyl groups is 2. The van der Waals surface area contributed by atoms with Gasteiger partial charge in [0.1, 0.15) is 12.7 Å². The normalized spacial score (nSPS) is 12.3. The van der Waals surface area contributed by atoms with Gasteiger partial charge in [-0.25, -0.2) is 0 Å². The highest BCUT2D eigenvalue weighted by Gasteiger charge is 2.49. The number of esters is 1. The third kappa shape index (κ3) is 30.6. The van der Waals surface area contributed by atoms with Crippen molar-refractivity contribution >= 4 is 17.5 Å². The van der Waals surface area contributed by atoms with E-state index in [0.717, 1.165) is 51.4 Å². The first-order valence-electron chi connectivity index (χ1n) is 23.5. The van der Waals surface area contributed by atoms with E-state index in [1.54, 1.807) is 0 Å². The predicted molar refractivity (Wildman–Crippen MR) is 224 cm³/mol. The molecule has 0 aromatic carbocycles. The third-order valence-electron chi connectivity index (χ3n) is 11.2. The number of ketones is 2. The molecule has 0 rings (SSSR count). The highest BCUT2D eigenvalue weighted by molar-refractivity contribution is 6.10. The van der Waals surface area contributed by atoms with E-state index in [4.69, 9.17) is 4.74 Å². The molecule has 0 radical (unpaired) electrons. The molecule has 0 bridgehead atoms. The zero-order chi connectivity index (χ0) is 39.1. The monoisotopic (exact) mass is 751 g/mol. The molecule has 0 fully saturated rings. The standard InChI is InChI=1S/C47H90O6/c1-4-7-10-13-16-19-22-23-26-29-32-35-38-41-46(51)53-42-45(50)47(52,43(48)39-36-33-30-27-24-20-17-14-11-8-5-2)44(49)40-37-34-31-28-25-21-18-15-12-9-6-3/h45,50,52H,4-42H2,1-3H3. The Morgan fingerprint density at radius 2 is 0.623 bits per heavy atom. The minimum Gasteiger partial charge on any atom is -0.463 e. The third-order valence-corrected chi connectivity index (χ3v) is 11.2. The molecule has 0 amide bonds. The van der Waals surface area contributed by atoms with Gasteiger partial charge < -0.3 is 14.9 Å². The molecule has 1 atom stereocenters. The van der Waals surface area contributed by atoms with E-state index < -0.39 is 35.8 Å². The number of hydrogen-bond acceptors (Lipinski definition) is 6. The number of hydrogen-bond donors (Lipinski definition) is 2. The van der Waals surface area contributed by atoms with Gasteiger partial charge in [0, 0.05) is 19.3 Å². The molecule has 0 aliphatic rings. The number of aliphatic hydroxyl groups excluding tert-OH is 1. The lowest BCUT2D eigenvalue weighted by Gasteiger charge is -2.30. The lowest BCUT2D eigenvalue weighted by Crippen LogP contribution is -2.57. The van der Waals surface area contributed by atoms with Crippen LogP contribution in [0.15, 0.2) is 0 Å². The van der Waals surface area contributed by atoms with Crippen molar-refractivity contribution in [3.8, 4) is 0 Å². The molecule has 0 spiro atoms. The molecule has 0 aromatic heterocycles. The van der Waals surface area contributed by atoms with Crippen LogP contribution >= 0.6 is 0 Å². The summed E-state index contributed by atoms with van der Waals surface area (Å²) in [7, 11) is 0. The van der Waals surface area contributed by atoms with E-state index in [0.29, 0.717) is 19.3 Å². The predicted octanol–water partition coefficient (Wildman–Crippen LogP) is 13.6. The Bertz CT molecular complexity index is 788. The van der Waals surface area contributed by atoms with Crippen LogP contribution in [-0.2, 0) is 19.1 Å². The second-order valence-electron chi connectivity index (χ2n) is 16.4. The van der Waals surface area contributed by atoms with Gasteiger partial charge in [0.25, 0.3) is 0 Å². The number of carbonyl (C=O) groups is 3. The number of unbranched alkanes of at least 4 members (excludes halogenated alkanes) is 32. The molecule has 0 aliphatic heterocycles. The van der Waals surface area contributed by atoms with Gasteiger partial charge in [0.05, 0.1) is 0 Å². The highest BCUT2D eigenvalue weighted by atomic mass is 16.5. The van der Waals surface area contributed by atoms with Crippen molar-refractivity contribution in [3.05, 3.63) is 0 Å². The fourth-order valence-corrected chi connectivity index (χ4v) is 7.46. The Labute approximate surface area is 329 Å². The first kappa shape index (κ1) is 51.7. The Morgan fingerprint density at radius 3 is 0.887 bits per heavy atom. The van der Waals surface area contributed by atoms with Crippen molar-refractivity contribution in [2.45, 2.75) is 276 Å². The number of ether oxygens (including phenoxy) is 1. The number of carbonyl (C=O) groups excluding carboxylic acids is 3. The summed E-state index contributed by atoms with van der Waals surface area (Å²) < 4.78 is 5.33. The molecule has 1 unspecified atom stereocenters. The Morgan fingerprint density at radius 1 is 0.396 bits per heavy atom. The highest BCUT2D eigenvalue weighted by Crippen LogP contribution is 2.23. The van der Waals surface area contributed by atoms with Crippen molar-refractivity contribution in [1.82, 2.24) is 0 Å². The Kier molecular flexibility index (Phi) is 38.0. The van der Waals surface area contributed by atoms with Crippen molar-refractivity contribution in [3.63, 3.8) is 0 Å². The molecular weight excluding hydrogens is 661 g/mol. The summed E-state index contributed by atoms with van der Waals surface area (Å²) >= 11 is 0. The zero-order valence-electron chi connectivity index (χ0n) is 35.7. The summed E-state index contributed by atoms with van der Waals surface area (Å²) in [6.07, 6.45) is 39.5. The van der Waals surface area contributed by atoms with E-state index in [-0.39, 0.29) is 19.3 Å². The van der Waals surface area contributed by atoms with Crippen LogP contribution in [0.25, 0.3) is 0 Å². The Hall–Kier alpha value is -1.27. The van der Waals surface area contributed by atoms with E-state index in [2.05, 4.69) is 20.8 Å². The fraction of sp³-hybridized carbons (Fsp3) is 0.936. The summed E-state index contributed by atoms with van der Waals surface area (Å²) in [6.45, 7) is 6.18. The molecule has 314 valence electrons. The summed E-state index contributed by atoms with van der Waals surface area (Å²) in [5, 5.41) is 22.5. The van der Waals surface area contributed by atoms with Crippen molar-refractivity contribution in [2.24, 2.45) is 0 Å². The van der Waals surface area contributed by atoms with Gasteiger partial charge in [-0.1, -0.05) is 226 Å². The summed E-state index contributed by atoms with van der Waals surface area (Å²) in [6, 6.07) is 0. The first-order valence-corrected chi connectivity index (χ1v) is 23.5. The topological polar surface area (TPSA) is 101 Å². The summed E-state index contributed by atoms with van der Waals surface area (Å²) in [4.78, 5) is 39.3. The SMILES string of the molecule is CCCCCCCCCCCCCCCC(=O)OCC(O)C(O)(C(=O)CCCCCCCCCCCCC)C(=O)CCCCCCCCCCCCC. The molecule has 2 N–H and O–H groups in total. The van der Waals surface area contributed by atoms with Gasteiger partial charge in [-0.15, -0.1) is 0 Å². The average molecular weight is 751 g/mol. The minimum absolute atomic E-state index is 0.0431. The summed E-state index contributed by atoms with van der Waals surface area (Å²) in [5.41, 5.74) is -2.52. The van der Waals surface area contributed by atoms with Crippen LogP contribution in [0, 0.1) is 0 Å². The van der Waals surface area contributed by atoms with Crippen LogP contribution in [0.5, 0.6) is 0 Å². The van der Waals surface area contributed by atoms with E-state index in [9.17, 15) is 24.6 Å². The first-order chi connectivity index (χ1) is 25.8. The molecular formula is C47H90O6. The van der Waals surface area contributed by atoms with E-state index in [1.165, 1.54) is 154 Å². The maximum absolute atomic E-state index is 13.4. The largest absolute Gasteiger partial charge is 0.463 e. The molecule has 6 nitrogen and oxygen atoms in total. The van der Waals surface area contributed by atoms with Crippen LogP contribution in [0.4, 0.5) is 0 Å². The van der Waals surface area contributed by atoms with Gasteiger partial charge in [0.15, 0.2) is 11.6 Å². The molecule has 0 aliphatic carbocycles. The zero-order valence-corrected chi connectivity index (χ0v) is 35.7. The Balaban J connectivity index is 4.61. The van der Waals surface area contributed by atoms with Crippen LogP contribution in [0.2, 0.25) is 0 Å². The van der Waals surface area contributed by atoms with Gasteiger partial charge in [0.2, 0.25) is 5.60 Å². The van der Waals surface area contributed by atoms with Crippen LogP contribution in [-0.4, -0.2) is 46.1 Å². The quantitative estimate of drug-likeness (QED) is 0.0365. The second kappa shape index (κ2) is 39.0. The fourth-order valence-electron chi connectivity index (χ4n) is 7.46. The lowest BCUT2D eigenvalue weighted by atomic mass is 9.82. The molecule has 0 saturated carbocycles. The van der Waals surface area contributed by atoms with Crippen LogP contribution in [0.1, 0.15) is 265 Å². The average Bonchev–Trinajstić information content (AvgIpc) is 3.16. The molecule has 0 heterocycles. The lowest BCUT2D eigenvalue weighted by molar-refractivity contribution is -0.172. The summed E-state index contributed by atoms with van der Waals surface area (Å²) in [5.74, 6) is -1.73. The van der Waals surface area contributed by atoms with Crippen molar-refractivity contribution in [2.75, 3.05) is 6.61 Å². The number of rotatable bonds is 43. The smallest absolute Gasteiger partial charge is 0.305 e. The molecule has 0 saturated heterocycles. The van der Waals surface area contributed by atoms with E-state index >= 15 is 0 Å². The van der Waals surface area contributed by atoms with Gasteiger partial charge >= 0.3 is 5.97 Å². The molecule has 0 aromatic rings. The maximum Gasteiger partial charge on any atom is 0.305 e. The van der Waals surface area contributed by atoms with E-state index in [1.807, 2.05) is 0 Å². The van der Waals surface area contributed by atoms with Gasteiger partial charge in [-0.05, 0) is 19.3 Å². The number of Topliss-reactive ketones (excluding diaryl/α,β-unsaturated/α-hetero) is 2. The van der Waals surface area contributed by atoms with Gasteiger partial charge in [-0.2, -0.15) is 0 Å². The van der Waals surface area contributed by atoms with Crippen molar-refractivity contribution < 1.29 is 29.3 Å².